The molecule has 8 heteroatoms. The fourth-order valence-electron chi connectivity index (χ4n) is 3.08. The number of methoxy groups -OCH3 is 2. The number of carbonyl (C=O) groups excluding carboxylic acids is 1. The van der Waals surface area contributed by atoms with Crippen LogP contribution in [0.2, 0.25) is 0 Å². The Bertz CT molecular complexity index is 788. The van der Waals surface area contributed by atoms with Crippen molar-refractivity contribution in [2.75, 3.05) is 20.8 Å². The molecule has 1 aliphatic heterocycles. The summed E-state index contributed by atoms with van der Waals surface area (Å²) < 4.78 is 34.5. The van der Waals surface area contributed by atoms with Gasteiger partial charge in [0.05, 0.1) is 26.4 Å². The SMILES string of the molecule is COC(=O)[C@H](OC(C)(C)C(C)Br)[C@](C)(/C=C/[C@@H]1COC(C)(C)O1)Oc1ccc(OC)cc1. The summed E-state index contributed by atoms with van der Waals surface area (Å²) in [7, 11) is 2.93. The third-order valence-electron chi connectivity index (χ3n) is 5.38. The van der Waals surface area contributed by atoms with Crippen molar-refractivity contribution in [2.24, 2.45) is 0 Å². The third-order valence-corrected chi connectivity index (χ3v) is 6.49. The molecule has 1 heterocycles. The second-order valence-electron chi connectivity index (χ2n) is 8.93. The zero-order valence-corrected chi connectivity index (χ0v) is 21.7. The Balaban J connectivity index is 2.43. The topological polar surface area (TPSA) is 72.5 Å². The van der Waals surface area contributed by atoms with E-state index in [9.17, 15) is 4.79 Å². The van der Waals surface area contributed by atoms with Gasteiger partial charge >= 0.3 is 5.97 Å². The Labute approximate surface area is 199 Å². The van der Waals surface area contributed by atoms with E-state index in [4.69, 9.17) is 28.4 Å². The lowest BCUT2D eigenvalue weighted by atomic mass is 9.95. The third kappa shape index (κ3) is 6.94. The zero-order chi connectivity index (χ0) is 24.2. The summed E-state index contributed by atoms with van der Waals surface area (Å²) in [4.78, 5) is 12.9. The van der Waals surface area contributed by atoms with Crippen molar-refractivity contribution in [1.29, 1.82) is 0 Å². The number of hydrogen-bond acceptors (Lipinski definition) is 7. The molecule has 0 bridgehead atoms. The zero-order valence-electron chi connectivity index (χ0n) is 20.1. The summed E-state index contributed by atoms with van der Waals surface area (Å²) in [5.41, 5.74) is -1.90. The summed E-state index contributed by atoms with van der Waals surface area (Å²) in [6.07, 6.45) is 2.27. The minimum atomic E-state index is -1.21. The fraction of sp³-hybridized carbons (Fsp3) is 0.625. The first-order chi connectivity index (χ1) is 14.8. The van der Waals surface area contributed by atoms with Crippen molar-refractivity contribution in [2.45, 2.75) is 75.6 Å². The van der Waals surface area contributed by atoms with Gasteiger partial charge in [-0.3, -0.25) is 0 Å². The van der Waals surface area contributed by atoms with Crippen molar-refractivity contribution >= 4 is 21.9 Å². The highest BCUT2D eigenvalue weighted by Gasteiger charge is 2.46. The van der Waals surface area contributed by atoms with Crippen LogP contribution in [0.5, 0.6) is 11.5 Å². The van der Waals surface area contributed by atoms with Crippen LogP contribution in [0.25, 0.3) is 0 Å². The van der Waals surface area contributed by atoms with Gasteiger partial charge in [-0.2, -0.15) is 0 Å². The predicted molar refractivity (Wildman–Crippen MR) is 125 cm³/mol. The van der Waals surface area contributed by atoms with Gasteiger partial charge in [-0.05, 0) is 71.9 Å². The first kappa shape index (κ1) is 26.6. The molecular weight excluding hydrogens is 480 g/mol. The summed E-state index contributed by atoms with van der Waals surface area (Å²) >= 11 is 3.56. The second-order valence-corrected chi connectivity index (χ2v) is 10.3. The second kappa shape index (κ2) is 10.5. The molecule has 7 nitrogen and oxygen atoms in total. The summed E-state index contributed by atoms with van der Waals surface area (Å²) in [6.45, 7) is 11.6. The van der Waals surface area contributed by atoms with Crippen LogP contribution in [0.1, 0.15) is 41.5 Å². The Hall–Kier alpha value is -1.61. The van der Waals surface area contributed by atoms with Crippen molar-refractivity contribution in [1.82, 2.24) is 0 Å². The molecule has 32 heavy (non-hydrogen) atoms. The molecule has 0 radical (unpaired) electrons. The van der Waals surface area contributed by atoms with E-state index >= 15 is 0 Å². The number of hydrogen-bond donors (Lipinski definition) is 0. The summed E-state index contributed by atoms with van der Waals surface area (Å²) in [5, 5.41) is 0. The molecule has 0 aliphatic carbocycles. The highest BCUT2D eigenvalue weighted by Crippen LogP contribution is 2.33. The molecule has 1 aromatic rings. The molecule has 4 atom stereocenters. The number of benzene rings is 1. The van der Waals surface area contributed by atoms with Gasteiger partial charge in [-0.15, -0.1) is 0 Å². The fourth-order valence-corrected chi connectivity index (χ4v) is 3.19. The van der Waals surface area contributed by atoms with Crippen molar-refractivity contribution < 1.29 is 33.2 Å². The summed E-state index contributed by atoms with van der Waals surface area (Å²) in [6, 6.07) is 7.12. The van der Waals surface area contributed by atoms with E-state index in [1.165, 1.54) is 7.11 Å². The number of rotatable bonds is 10. The van der Waals surface area contributed by atoms with E-state index < -0.39 is 29.1 Å². The van der Waals surface area contributed by atoms with Crippen molar-refractivity contribution in [3.63, 3.8) is 0 Å². The Morgan fingerprint density at radius 1 is 1.19 bits per heavy atom. The van der Waals surface area contributed by atoms with Crippen molar-refractivity contribution in [3.8, 4) is 11.5 Å². The molecule has 0 spiro atoms. The van der Waals surface area contributed by atoms with Gasteiger partial charge in [-0.25, -0.2) is 4.79 Å². The van der Waals surface area contributed by atoms with E-state index in [0.29, 0.717) is 18.1 Å². The number of halogens is 1. The van der Waals surface area contributed by atoms with Crippen LogP contribution in [-0.2, 0) is 23.7 Å². The van der Waals surface area contributed by atoms with E-state index in [1.807, 2.05) is 40.7 Å². The van der Waals surface area contributed by atoms with E-state index in [0.717, 1.165) is 0 Å². The first-order valence-corrected chi connectivity index (χ1v) is 11.5. The van der Waals surface area contributed by atoms with E-state index in [2.05, 4.69) is 15.9 Å². The van der Waals surface area contributed by atoms with Crippen LogP contribution >= 0.6 is 15.9 Å². The van der Waals surface area contributed by atoms with Gasteiger partial charge in [-0.1, -0.05) is 22.0 Å². The van der Waals surface area contributed by atoms with Gasteiger partial charge in [0.2, 0.25) is 0 Å². The van der Waals surface area contributed by atoms with Crippen LogP contribution in [0.3, 0.4) is 0 Å². The molecule has 0 aromatic heterocycles. The molecule has 0 saturated carbocycles. The maximum atomic E-state index is 12.9. The van der Waals surface area contributed by atoms with Gasteiger partial charge in [0.1, 0.15) is 17.6 Å². The minimum Gasteiger partial charge on any atom is -0.497 e. The Morgan fingerprint density at radius 3 is 2.25 bits per heavy atom. The van der Waals surface area contributed by atoms with Gasteiger partial charge in [0.15, 0.2) is 17.5 Å². The highest BCUT2D eigenvalue weighted by atomic mass is 79.9. The Morgan fingerprint density at radius 2 is 1.78 bits per heavy atom. The average molecular weight is 515 g/mol. The van der Waals surface area contributed by atoms with Crippen LogP contribution in [0.4, 0.5) is 0 Å². The minimum absolute atomic E-state index is 0.0382. The van der Waals surface area contributed by atoms with Crippen LogP contribution < -0.4 is 9.47 Å². The quantitative estimate of drug-likeness (QED) is 0.255. The molecular formula is C24H35BrO7. The lowest BCUT2D eigenvalue weighted by Gasteiger charge is -2.39. The normalized spacial score (nSPS) is 22.2. The van der Waals surface area contributed by atoms with Crippen molar-refractivity contribution in [3.05, 3.63) is 36.4 Å². The molecule has 1 aromatic carbocycles. The standard InChI is InChI=1S/C24H35BrO7/c1-16(25)22(2,3)32-20(21(26)28-8)24(6,14-13-19-15-29-23(4,5)30-19)31-18-11-9-17(27-7)10-12-18/h9-14,16,19-20H,15H2,1-8H3/b14-13+/t16?,19-,20+,24+/m1/s1. The molecule has 1 fully saturated rings. The number of alkyl halides is 1. The molecule has 0 amide bonds. The summed E-state index contributed by atoms with van der Waals surface area (Å²) in [5.74, 6) is 0.0247. The van der Waals surface area contributed by atoms with E-state index in [-0.39, 0.29) is 10.9 Å². The predicted octanol–water partition coefficient (Wildman–Crippen LogP) is 4.66. The lowest BCUT2D eigenvalue weighted by Crippen LogP contribution is -2.54. The highest BCUT2D eigenvalue weighted by molar-refractivity contribution is 9.09. The number of carbonyl (C=O) groups is 1. The van der Waals surface area contributed by atoms with Crippen LogP contribution in [0.15, 0.2) is 36.4 Å². The number of esters is 1. The van der Waals surface area contributed by atoms with Gasteiger partial charge < -0.3 is 28.4 Å². The first-order valence-electron chi connectivity index (χ1n) is 10.6. The lowest BCUT2D eigenvalue weighted by molar-refractivity contribution is -0.182. The molecule has 180 valence electrons. The van der Waals surface area contributed by atoms with Gasteiger partial charge in [0.25, 0.3) is 0 Å². The average Bonchev–Trinajstić information content (AvgIpc) is 3.09. The molecule has 1 unspecified atom stereocenters. The van der Waals surface area contributed by atoms with E-state index in [1.54, 1.807) is 44.4 Å². The molecule has 2 rings (SSSR count). The maximum Gasteiger partial charge on any atom is 0.339 e. The maximum absolute atomic E-state index is 12.9. The molecule has 1 aliphatic rings. The van der Waals surface area contributed by atoms with Gasteiger partial charge in [0, 0.05) is 4.83 Å². The van der Waals surface area contributed by atoms with Crippen LogP contribution in [-0.4, -0.2) is 60.8 Å². The Kier molecular flexibility index (Phi) is 8.78. The monoisotopic (exact) mass is 514 g/mol. The molecule has 1 saturated heterocycles. The smallest absolute Gasteiger partial charge is 0.339 e. The van der Waals surface area contributed by atoms with Crippen LogP contribution in [0, 0.1) is 0 Å². The molecule has 0 N–H and O–H groups in total. The largest absolute Gasteiger partial charge is 0.497 e. The number of ether oxygens (including phenoxy) is 6.